The van der Waals surface area contributed by atoms with Crippen LogP contribution < -0.4 is 0 Å². The highest BCUT2D eigenvalue weighted by atomic mass is 35.5. The van der Waals surface area contributed by atoms with E-state index in [-0.39, 0.29) is 5.82 Å². The molecule has 0 atom stereocenters. The van der Waals surface area contributed by atoms with Gasteiger partial charge >= 0.3 is 0 Å². The molecule has 2 aromatic carbocycles. The van der Waals surface area contributed by atoms with Gasteiger partial charge in [-0.05, 0) is 41.6 Å². The largest absolute Gasteiger partial charge is 0.298 e. The highest BCUT2D eigenvalue weighted by Crippen LogP contribution is 2.29. The average molecular weight is 307 g/mol. The van der Waals surface area contributed by atoms with Crippen LogP contribution in [0.4, 0.5) is 4.39 Å². The Morgan fingerprint density at radius 2 is 1.60 bits per heavy atom. The van der Waals surface area contributed by atoms with Crippen LogP contribution in [0.15, 0.2) is 53.4 Å². The van der Waals surface area contributed by atoms with E-state index in [0.29, 0.717) is 22.5 Å². The first-order chi connectivity index (χ1) is 9.65. The number of carbonyl (C=O) groups is 1. The van der Waals surface area contributed by atoms with E-state index < -0.39 is 0 Å². The number of hydrogen-bond acceptors (Lipinski definition) is 2. The molecule has 0 amide bonds. The molecule has 2 aromatic rings. The van der Waals surface area contributed by atoms with Crippen LogP contribution >= 0.6 is 23.4 Å². The molecule has 4 heteroatoms. The topological polar surface area (TPSA) is 17.1 Å². The standard InChI is InChI=1S/C16H12ClFOS/c1-20-14-8-4-12(5-9-14)16(17)15(10-19)11-2-6-13(18)7-3-11/h2-10H,1H3/b16-15-. The van der Waals surface area contributed by atoms with Gasteiger partial charge in [0.15, 0.2) is 6.29 Å². The van der Waals surface area contributed by atoms with Crippen molar-refractivity contribution in [3.05, 3.63) is 65.5 Å². The number of benzene rings is 2. The second kappa shape index (κ2) is 6.73. The zero-order chi connectivity index (χ0) is 14.5. The van der Waals surface area contributed by atoms with Crippen LogP contribution in [0.5, 0.6) is 0 Å². The number of hydrogen-bond donors (Lipinski definition) is 0. The number of allylic oxidation sites excluding steroid dienone is 1. The summed E-state index contributed by atoms with van der Waals surface area (Å²) in [6.07, 6.45) is 2.68. The number of carbonyl (C=O) groups excluding carboxylic acids is 1. The Morgan fingerprint density at radius 1 is 1.05 bits per heavy atom. The molecule has 20 heavy (non-hydrogen) atoms. The summed E-state index contributed by atoms with van der Waals surface area (Å²) in [5.41, 5.74) is 1.71. The van der Waals surface area contributed by atoms with Gasteiger partial charge in [-0.25, -0.2) is 4.39 Å². The monoisotopic (exact) mass is 306 g/mol. The molecule has 0 radical (unpaired) electrons. The maximum absolute atomic E-state index is 12.9. The van der Waals surface area contributed by atoms with Crippen molar-refractivity contribution in [2.24, 2.45) is 0 Å². The molecule has 0 aliphatic carbocycles. The summed E-state index contributed by atoms with van der Waals surface area (Å²) >= 11 is 7.92. The quantitative estimate of drug-likeness (QED) is 0.347. The van der Waals surface area contributed by atoms with Gasteiger partial charge in [0.05, 0.1) is 5.03 Å². The fraction of sp³-hybridized carbons (Fsp3) is 0.0625. The number of thioether (sulfide) groups is 1. The molecule has 102 valence electrons. The van der Waals surface area contributed by atoms with Gasteiger partial charge in [-0.3, -0.25) is 4.79 Å². The molecular formula is C16H12ClFOS. The molecule has 0 saturated carbocycles. The van der Waals surface area contributed by atoms with Gasteiger partial charge < -0.3 is 0 Å². The van der Waals surface area contributed by atoms with Crippen molar-refractivity contribution in [3.8, 4) is 0 Å². The van der Waals surface area contributed by atoms with Crippen molar-refractivity contribution in [2.45, 2.75) is 4.90 Å². The van der Waals surface area contributed by atoms with Gasteiger partial charge in [0, 0.05) is 10.5 Å². The van der Waals surface area contributed by atoms with Crippen LogP contribution in [-0.4, -0.2) is 12.5 Å². The number of aldehydes is 1. The fourth-order valence-electron chi connectivity index (χ4n) is 1.77. The third kappa shape index (κ3) is 3.30. The Labute approximate surface area is 126 Å². The van der Waals surface area contributed by atoms with E-state index in [9.17, 15) is 9.18 Å². The summed E-state index contributed by atoms with van der Waals surface area (Å²) in [6.45, 7) is 0. The smallest absolute Gasteiger partial charge is 0.152 e. The Kier molecular flexibility index (Phi) is 4.99. The zero-order valence-electron chi connectivity index (χ0n) is 10.8. The Bertz CT molecular complexity index is 633. The Balaban J connectivity index is 2.45. The molecule has 0 aromatic heterocycles. The normalized spacial score (nSPS) is 11.9. The molecule has 2 rings (SSSR count). The molecule has 0 aliphatic heterocycles. The summed E-state index contributed by atoms with van der Waals surface area (Å²) < 4.78 is 12.9. The first kappa shape index (κ1) is 14.8. The third-order valence-electron chi connectivity index (χ3n) is 2.85. The maximum Gasteiger partial charge on any atom is 0.152 e. The number of rotatable bonds is 4. The van der Waals surface area contributed by atoms with Crippen molar-refractivity contribution in [3.63, 3.8) is 0 Å². The highest BCUT2D eigenvalue weighted by Gasteiger charge is 2.09. The third-order valence-corrected chi connectivity index (χ3v) is 4.02. The van der Waals surface area contributed by atoms with Gasteiger partial charge in [0.25, 0.3) is 0 Å². The van der Waals surface area contributed by atoms with E-state index in [4.69, 9.17) is 11.6 Å². The molecule has 1 nitrogen and oxygen atoms in total. The van der Waals surface area contributed by atoms with Gasteiger partial charge in [-0.2, -0.15) is 0 Å². The van der Waals surface area contributed by atoms with Crippen LogP contribution in [0.3, 0.4) is 0 Å². The lowest BCUT2D eigenvalue weighted by Gasteiger charge is -2.06. The van der Waals surface area contributed by atoms with Gasteiger partial charge in [0.1, 0.15) is 5.82 Å². The van der Waals surface area contributed by atoms with Crippen molar-refractivity contribution < 1.29 is 9.18 Å². The molecule has 0 bridgehead atoms. The predicted octanol–water partition coefficient (Wildman–Crippen LogP) is 4.85. The average Bonchev–Trinajstić information content (AvgIpc) is 2.50. The van der Waals surface area contributed by atoms with E-state index >= 15 is 0 Å². The van der Waals surface area contributed by atoms with Crippen molar-refractivity contribution in [1.82, 2.24) is 0 Å². The van der Waals surface area contributed by atoms with Crippen LogP contribution in [-0.2, 0) is 4.79 Å². The lowest BCUT2D eigenvalue weighted by atomic mass is 10.0. The van der Waals surface area contributed by atoms with E-state index in [1.807, 2.05) is 30.5 Å². The lowest BCUT2D eigenvalue weighted by Crippen LogP contribution is -1.90. The molecule has 0 heterocycles. The first-order valence-corrected chi connectivity index (χ1v) is 7.51. The minimum atomic E-state index is -0.348. The van der Waals surface area contributed by atoms with E-state index in [1.165, 1.54) is 24.3 Å². The summed E-state index contributed by atoms with van der Waals surface area (Å²) in [5.74, 6) is -0.348. The summed E-state index contributed by atoms with van der Waals surface area (Å²) in [7, 11) is 0. The second-order valence-corrected chi connectivity index (χ2v) is 5.34. The fourth-order valence-corrected chi connectivity index (χ4v) is 2.46. The minimum absolute atomic E-state index is 0.348. The van der Waals surface area contributed by atoms with E-state index in [2.05, 4.69) is 0 Å². The molecule has 0 saturated heterocycles. The maximum atomic E-state index is 12.9. The molecule has 0 N–H and O–H groups in total. The van der Waals surface area contributed by atoms with Crippen molar-refractivity contribution >= 4 is 40.3 Å². The van der Waals surface area contributed by atoms with Crippen LogP contribution in [0.25, 0.3) is 10.6 Å². The number of halogens is 2. The highest BCUT2D eigenvalue weighted by molar-refractivity contribution is 7.98. The summed E-state index contributed by atoms with van der Waals surface area (Å²) in [6, 6.07) is 13.3. The van der Waals surface area contributed by atoms with E-state index in [1.54, 1.807) is 11.8 Å². The van der Waals surface area contributed by atoms with Crippen LogP contribution in [0.2, 0.25) is 0 Å². The molecule has 0 spiro atoms. The minimum Gasteiger partial charge on any atom is -0.298 e. The SMILES string of the molecule is CSc1ccc(/C(Cl)=C(\C=O)c2ccc(F)cc2)cc1. The summed E-state index contributed by atoms with van der Waals surface area (Å²) in [5, 5.41) is 0.360. The molecular weight excluding hydrogens is 295 g/mol. The van der Waals surface area contributed by atoms with Crippen molar-refractivity contribution in [1.29, 1.82) is 0 Å². The Hall–Kier alpha value is -1.58. The van der Waals surface area contributed by atoms with Crippen molar-refractivity contribution in [2.75, 3.05) is 6.26 Å². The van der Waals surface area contributed by atoms with Gasteiger partial charge in [-0.15, -0.1) is 11.8 Å². The van der Waals surface area contributed by atoms with E-state index in [0.717, 1.165) is 10.5 Å². The first-order valence-electron chi connectivity index (χ1n) is 5.91. The second-order valence-electron chi connectivity index (χ2n) is 4.08. The van der Waals surface area contributed by atoms with Crippen LogP contribution in [0, 0.1) is 5.82 Å². The lowest BCUT2D eigenvalue weighted by molar-refractivity contribution is -0.103. The van der Waals surface area contributed by atoms with Gasteiger partial charge in [-0.1, -0.05) is 35.9 Å². The van der Waals surface area contributed by atoms with Gasteiger partial charge in [0.2, 0.25) is 0 Å². The summed E-state index contributed by atoms with van der Waals surface area (Å²) in [4.78, 5) is 12.4. The van der Waals surface area contributed by atoms with Crippen LogP contribution in [0.1, 0.15) is 11.1 Å². The Morgan fingerprint density at radius 3 is 2.10 bits per heavy atom. The zero-order valence-corrected chi connectivity index (χ0v) is 12.3. The molecule has 0 aliphatic rings. The predicted molar refractivity (Wildman–Crippen MR) is 83.4 cm³/mol. The molecule has 0 unspecified atom stereocenters. The molecule has 0 fully saturated rings.